The lowest BCUT2D eigenvalue weighted by Gasteiger charge is -2.14. The Balaban J connectivity index is 0.00000576. The maximum Gasteiger partial charge on any atom is 0.387 e. The van der Waals surface area contributed by atoms with Gasteiger partial charge >= 0.3 is 6.61 Å². The lowest BCUT2D eigenvalue weighted by atomic mass is 10.2. The number of rotatable bonds is 10. The van der Waals surface area contributed by atoms with Gasteiger partial charge < -0.3 is 20.1 Å². The van der Waals surface area contributed by atoms with E-state index in [-0.39, 0.29) is 35.5 Å². The molecule has 0 aliphatic carbocycles. The number of benzene rings is 1. The first kappa shape index (κ1) is 23.7. The van der Waals surface area contributed by atoms with E-state index in [1.54, 1.807) is 19.2 Å². The largest absolute Gasteiger partial charge is 0.493 e. The van der Waals surface area contributed by atoms with Gasteiger partial charge in [0.05, 0.1) is 7.11 Å². The summed E-state index contributed by atoms with van der Waals surface area (Å²) in [5.41, 5.74) is 0.792. The average Bonchev–Trinajstić information content (AvgIpc) is 2.57. The summed E-state index contributed by atoms with van der Waals surface area (Å²) in [6.45, 7) is 0.578. The molecule has 0 bridgehead atoms. The molecule has 144 valence electrons. The normalized spacial score (nSPS) is 11.0. The number of hydrogen-bond donors (Lipinski definition) is 2. The van der Waals surface area contributed by atoms with Gasteiger partial charge in [0.25, 0.3) is 0 Å². The first-order valence-electron chi connectivity index (χ1n) is 8.17. The van der Waals surface area contributed by atoms with Crippen LogP contribution in [0.3, 0.4) is 0 Å². The molecular formula is C17H28F2IN3O2. The first-order chi connectivity index (χ1) is 11.6. The molecule has 0 saturated carbocycles. The fourth-order valence-corrected chi connectivity index (χ4v) is 2.18. The van der Waals surface area contributed by atoms with Crippen LogP contribution in [0.4, 0.5) is 8.78 Å². The summed E-state index contributed by atoms with van der Waals surface area (Å²) in [6, 6.07) is 4.93. The van der Waals surface area contributed by atoms with Crippen molar-refractivity contribution < 1.29 is 18.3 Å². The predicted octanol–water partition coefficient (Wildman–Crippen LogP) is 4.16. The van der Waals surface area contributed by atoms with Gasteiger partial charge in [-0.1, -0.05) is 32.3 Å². The molecule has 1 aromatic carbocycles. The zero-order chi connectivity index (χ0) is 17.8. The standard InChI is InChI=1S/C17H27F2N3O2.HI/c1-4-5-6-7-10-21-17(20-2)22-12-13-8-9-14(23-3)15(11-13)24-16(18)19;/h8-9,11,16H,4-7,10,12H2,1-3H3,(H2,20,21,22);1H. The minimum Gasteiger partial charge on any atom is -0.493 e. The molecule has 0 aliphatic heterocycles. The van der Waals surface area contributed by atoms with E-state index in [1.807, 2.05) is 0 Å². The van der Waals surface area contributed by atoms with Crippen LogP contribution in [0.15, 0.2) is 23.2 Å². The molecule has 0 aromatic heterocycles. The summed E-state index contributed by atoms with van der Waals surface area (Å²) < 4.78 is 34.4. The molecule has 0 fully saturated rings. The number of alkyl halides is 2. The minimum absolute atomic E-state index is 0. The molecule has 0 radical (unpaired) electrons. The number of ether oxygens (including phenoxy) is 2. The third-order valence-corrected chi connectivity index (χ3v) is 3.45. The summed E-state index contributed by atoms with van der Waals surface area (Å²) in [4.78, 5) is 4.14. The summed E-state index contributed by atoms with van der Waals surface area (Å²) in [5.74, 6) is 0.977. The molecule has 0 aliphatic rings. The SMILES string of the molecule is CCCCCCNC(=NC)NCc1ccc(OC)c(OC(F)F)c1.I. The molecule has 8 heteroatoms. The van der Waals surface area contributed by atoms with Crippen LogP contribution in [0.1, 0.15) is 38.2 Å². The number of methoxy groups -OCH3 is 1. The van der Waals surface area contributed by atoms with Crippen LogP contribution in [0.25, 0.3) is 0 Å². The zero-order valence-corrected chi connectivity index (χ0v) is 17.3. The van der Waals surface area contributed by atoms with Crippen LogP contribution >= 0.6 is 24.0 Å². The second-order valence-corrected chi connectivity index (χ2v) is 5.28. The number of hydrogen-bond acceptors (Lipinski definition) is 3. The fourth-order valence-electron chi connectivity index (χ4n) is 2.18. The fraction of sp³-hybridized carbons (Fsp3) is 0.588. The Bertz CT molecular complexity index is 517. The molecule has 5 nitrogen and oxygen atoms in total. The smallest absolute Gasteiger partial charge is 0.387 e. The Morgan fingerprint density at radius 1 is 1.16 bits per heavy atom. The van der Waals surface area contributed by atoms with Gasteiger partial charge in [0, 0.05) is 20.1 Å². The number of guanidine groups is 1. The molecular weight excluding hydrogens is 443 g/mol. The van der Waals surface area contributed by atoms with Gasteiger partial charge in [-0.3, -0.25) is 4.99 Å². The Morgan fingerprint density at radius 2 is 1.92 bits per heavy atom. The van der Waals surface area contributed by atoms with E-state index in [0.717, 1.165) is 18.5 Å². The van der Waals surface area contributed by atoms with E-state index in [4.69, 9.17) is 4.74 Å². The number of nitrogens with one attached hydrogen (secondary N) is 2. The first-order valence-corrected chi connectivity index (χ1v) is 8.17. The number of aliphatic imine (C=N–C) groups is 1. The summed E-state index contributed by atoms with van der Waals surface area (Å²) in [7, 11) is 3.11. The second kappa shape index (κ2) is 13.9. The van der Waals surface area contributed by atoms with Gasteiger partial charge in [-0.05, 0) is 24.1 Å². The van der Waals surface area contributed by atoms with Crippen molar-refractivity contribution in [1.29, 1.82) is 0 Å². The van der Waals surface area contributed by atoms with E-state index in [9.17, 15) is 8.78 Å². The third kappa shape index (κ3) is 9.66. The van der Waals surface area contributed by atoms with E-state index >= 15 is 0 Å². The van der Waals surface area contributed by atoms with Gasteiger partial charge in [0.1, 0.15) is 0 Å². The van der Waals surface area contributed by atoms with Crippen molar-refractivity contribution in [2.75, 3.05) is 20.7 Å². The Labute approximate surface area is 165 Å². The Morgan fingerprint density at radius 3 is 2.52 bits per heavy atom. The van der Waals surface area contributed by atoms with Crippen molar-refractivity contribution in [3.8, 4) is 11.5 Å². The van der Waals surface area contributed by atoms with Crippen molar-refractivity contribution in [1.82, 2.24) is 10.6 Å². The minimum atomic E-state index is -2.89. The maximum absolute atomic E-state index is 12.4. The monoisotopic (exact) mass is 471 g/mol. The number of halogens is 3. The molecule has 0 amide bonds. The predicted molar refractivity (Wildman–Crippen MR) is 107 cm³/mol. The molecule has 0 atom stereocenters. The highest BCUT2D eigenvalue weighted by molar-refractivity contribution is 14.0. The van der Waals surface area contributed by atoms with Gasteiger partial charge in [-0.15, -0.1) is 24.0 Å². The molecule has 0 spiro atoms. The third-order valence-electron chi connectivity index (χ3n) is 3.45. The zero-order valence-electron chi connectivity index (χ0n) is 15.0. The molecule has 0 saturated heterocycles. The lowest BCUT2D eigenvalue weighted by Crippen LogP contribution is -2.37. The van der Waals surface area contributed by atoms with E-state index in [1.165, 1.54) is 32.4 Å². The van der Waals surface area contributed by atoms with E-state index in [0.29, 0.717) is 12.5 Å². The van der Waals surface area contributed by atoms with E-state index < -0.39 is 6.61 Å². The quantitative estimate of drug-likeness (QED) is 0.233. The summed E-state index contributed by atoms with van der Waals surface area (Å²) >= 11 is 0. The van der Waals surface area contributed by atoms with Crippen LogP contribution in [-0.4, -0.2) is 33.3 Å². The maximum atomic E-state index is 12.4. The molecule has 0 heterocycles. The van der Waals surface area contributed by atoms with Crippen molar-refractivity contribution in [2.24, 2.45) is 4.99 Å². The van der Waals surface area contributed by atoms with E-state index in [2.05, 4.69) is 27.3 Å². The van der Waals surface area contributed by atoms with Crippen molar-refractivity contribution in [3.63, 3.8) is 0 Å². The highest BCUT2D eigenvalue weighted by atomic mass is 127. The summed E-state index contributed by atoms with van der Waals surface area (Å²) in [6.07, 6.45) is 4.71. The van der Waals surface area contributed by atoms with Gasteiger partial charge in [0.2, 0.25) is 0 Å². The lowest BCUT2D eigenvalue weighted by molar-refractivity contribution is -0.0512. The number of nitrogens with zero attached hydrogens (tertiary/aromatic N) is 1. The van der Waals surface area contributed by atoms with Crippen molar-refractivity contribution >= 4 is 29.9 Å². The van der Waals surface area contributed by atoms with Crippen LogP contribution in [0, 0.1) is 0 Å². The Kier molecular flexibility index (Phi) is 13.2. The molecule has 0 unspecified atom stereocenters. The van der Waals surface area contributed by atoms with Gasteiger partial charge in [-0.25, -0.2) is 0 Å². The number of unbranched alkanes of at least 4 members (excludes halogenated alkanes) is 3. The highest BCUT2D eigenvalue weighted by Gasteiger charge is 2.11. The van der Waals surface area contributed by atoms with Crippen LogP contribution < -0.4 is 20.1 Å². The molecule has 1 rings (SSSR count). The highest BCUT2D eigenvalue weighted by Crippen LogP contribution is 2.29. The van der Waals surface area contributed by atoms with Crippen molar-refractivity contribution in [2.45, 2.75) is 45.8 Å². The van der Waals surface area contributed by atoms with Crippen LogP contribution in [0.2, 0.25) is 0 Å². The van der Waals surface area contributed by atoms with Gasteiger partial charge in [-0.2, -0.15) is 8.78 Å². The van der Waals surface area contributed by atoms with Crippen LogP contribution in [0.5, 0.6) is 11.5 Å². The summed E-state index contributed by atoms with van der Waals surface area (Å²) in [5, 5.41) is 6.38. The second-order valence-electron chi connectivity index (χ2n) is 5.28. The van der Waals surface area contributed by atoms with Crippen LogP contribution in [-0.2, 0) is 6.54 Å². The topological polar surface area (TPSA) is 54.9 Å². The van der Waals surface area contributed by atoms with Crippen molar-refractivity contribution in [3.05, 3.63) is 23.8 Å². The Hall–Kier alpha value is -1.32. The molecule has 25 heavy (non-hydrogen) atoms. The molecule has 2 N–H and O–H groups in total. The molecule has 1 aromatic rings. The average molecular weight is 471 g/mol. The van der Waals surface area contributed by atoms with Gasteiger partial charge in [0.15, 0.2) is 17.5 Å².